The highest BCUT2D eigenvalue weighted by Gasteiger charge is 2.03. The normalized spacial score (nSPS) is 9.42. The third-order valence-corrected chi connectivity index (χ3v) is 1.47. The van der Waals surface area contributed by atoms with Crippen LogP contribution in [0.25, 0.3) is 6.08 Å². The molecule has 2 N–H and O–H groups in total. The van der Waals surface area contributed by atoms with Crippen molar-refractivity contribution in [3.8, 4) is 5.88 Å². The van der Waals surface area contributed by atoms with Crippen molar-refractivity contribution >= 4 is 11.8 Å². The Morgan fingerprint density at radius 1 is 1.75 bits per heavy atom. The predicted molar refractivity (Wildman–Crippen MR) is 49.9 cm³/mol. The first-order chi connectivity index (χ1) is 5.79. The summed E-state index contributed by atoms with van der Waals surface area (Å²) in [5.41, 5.74) is 7.08. The van der Waals surface area contributed by atoms with Crippen LogP contribution in [0, 0.1) is 0 Å². The number of hydrogen-bond acceptors (Lipinski definition) is 3. The smallest absolute Gasteiger partial charge is 0.222 e. The van der Waals surface area contributed by atoms with Crippen molar-refractivity contribution in [2.45, 2.75) is 6.92 Å². The van der Waals surface area contributed by atoms with Crippen molar-refractivity contribution in [2.24, 2.45) is 0 Å². The molecule has 64 valence electrons. The first-order valence-electron chi connectivity index (χ1n) is 3.79. The third kappa shape index (κ3) is 1.56. The van der Waals surface area contributed by atoms with Gasteiger partial charge in [0.1, 0.15) is 0 Å². The maximum atomic E-state index is 5.67. The molecule has 0 saturated carbocycles. The van der Waals surface area contributed by atoms with Gasteiger partial charge in [0.05, 0.1) is 12.2 Å². The second-order valence-corrected chi connectivity index (χ2v) is 2.26. The summed E-state index contributed by atoms with van der Waals surface area (Å²) in [5, 5.41) is 0. The first kappa shape index (κ1) is 8.59. The standard InChI is InChI=1S/C9H12N2O/c1-3-7-8(10)5-6-11-9(7)12-4-2/h3,5-6H,1,4H2,2H3,(H2,10,11). The zero-order valence-electron chi connectivity index (χ0n) is 7.08. The van der Waals surface area contributed by atoms with Crippen LogP contribution in [-0.2, 0) is 0 Å². The fourth-order valence-electron chi connectivity index (χ4n) is 0.925. The average Bonchev–Trinajstić information content (AvgIpc) is 2.05. The lowest BCUT2D eigenvalue weighted by molar-refractivity contribution is 0.326. The number of hydrogen-bond donors (Lipinski definition) is 1. The van der Waals surface area contributed by atoms with Crippen LogP contribution in [0.4, 0.5) is 5.69 Å². The number of aromatic nitrogens is 1. The van der Waals surface area contributed by atoms with Gasteiger partial charge in [-0.15, -0.1) is 0 Å². The molecule has 3 heteroatoms. The maximum absolute atomic E-state index is 5.67. The van der Waals surface area contributed by atoms with E-state index in [0.717, 1.165) is 5.56 Å². The fourth-order valence-corrected chi connectivity index (χ4v) is 0.925. The van der Waals surface area contributed by atoms with Gasteiger partial charge < -0.3 is 10.5 Å². The molecule has 12 heavy (non-hydrogen) atoms. The summed E-state index contributed by atoms with van der Waals surface area (Å²) in [4.78, 5) is 4.03. The van der Waals surface area contributed by atoms with E-state index in [2.05, 4.69) is 11.6 Å². The maximum Gasteiger partial charge on any atom is 0.222 e. The molecule has 0 amide bonds. The van der Waals surface area contributed by atoms with E-state index in [1.54, 1.807) is 18.3 Å². The second-order valence-electron chi connectivity index (χ2n) is 2.26. The van der Waals surface area contributed by atoms with E-state index in [-0.39, 0.29) is 0 Å². The van der Waals surface area contributed by atoms with E-state index < -0.39 is 0 Å². The van der Waals surface area contributed by atoms with Gasteiger partial charge in [0.15, 0.2) is 0 Å². The van der Waals surface area contributed by atoms with E-state index >= 15 is 0 Å². The van der Waals surface area contributed by atoms with Gasteiger partial charge in [-0.05, 0) is 13.0 Å². The largest absolute Gasteiger partial charge is 0.477 e. The van der Waals surface area contributed by atoms with Crippen molar-refractivity contribution in [3.05, 3.63) is 24.4 Å². The number of nitrogens with zero attached hydrogens (tertiary/aromatic N) is 1. The Morgan fingerprint density at radius 3 is 3.08 bits per heavy atom. The molecule has 0 radical (unpaired) electrons. The van der Waals surface area contributed by atoms with E-state index in [0.29, 0.717) is 18.2 Å². The number of rotatable bonds is 3. The van der Waals surface area contributed by atoms with E-state index in [1.807, 2.05) is 6.92 Å². The molecule has 0 bridgehead atoms. The summed E-state index contributed by atoms with van der Waals surface area (Å²) in [7, 11) is 0. The molecule has 1 heterocycles. The molecule has 0 aromatic carbocycles. The fraction of sp³-hybridized carbons (Fsp3) is 0.222. The Balaban J connectivity index is 3.09. The lowest BCUT2D eigenvalue weighted by Crippen LogP contribution is -1.99. The van der Waals surface area contributed by atoms with Gasteiger partial charge in [-0.2, -0.15) is 0 Å². The van der Waals surface area contributed by atoms with Crippen LogP contribution in [0.3, 0.4) is 0 Å². The molecule has 3 nitrogen and oxygen atoms in total. The van der Waals surface area contributed by atoms with Gasteiger partial charge in [0.25, 0.3) is 0 Å². The SMILES string of the molecule is C=Cc1c(N)ccnc1OCC. The predicted octanol–water partition coefficient (Wildman–Crippen LogP) is 1.71. The monoisotopic (exact) mass is 164 g/mol. The summed E-state index contributed by atoms with van der Waals surface area (Å²) in [5.74, 6) is 0.549. The highest BCUT2D eigenvalue weighted by molar-refractivity contribution is 5.67. The summed E-state index contributed by atoms with van der Waals surface area (Å²) in [6.45, 7) is 6.12. The number of pyridine rings is 1. The van der Waals surface area contributed by atoms with Crippen LogP contribution in [-0.4, -0.2) is 11.6 Å². The zero-order valence-corrected chi connectivity index (χ0v) is 7.08. The molecule has 0 spiro atoms. The molecule has 0 saturated heterocycles. The summed E-state index contributed by atoms with van der Waals surface area (Å²) in [6, 6.07) is 1.72. The minimum absolute atomic E-state index is 0.549. The topological polar surface area (TPSA) is 48.1 Å². The molecular weight excluding hydrogens is 152 g/mol. The van der Waals surface area contributed by atoms with Gasteiger partial charge in [0.2, 0.25) is 5.88 Å². The van der Waals surface area contributed by atoms with E-state index in [1.165, 1.54) is 0 Å². The third-order valence-electron chi connectivity index (χ3n) is 1.47. The minimum atomic E-state index is 0.549. The number of ether oxygens (including phenoxy) is 1. The molecule has 1 aromatic heterocycles. The van der Waals surface area contributed by atoms with E-state index in [9.17, 15) is 0 Å². The lowest BCUT2D eigenvalue weighted by Gasteiger charge is -2.06. The van der Waals surface area contributed by atoms with Crippen LogP contribution >= 0.6 is 0 Å². The van der Waals surface area contributed by atoms with Crippen LogP contribution in [0.5, 0.6) is 5.88 Å². The summed E-state index contributed by atoms with van der Waals surface area (Å²) >= 11 is 0. The van der Waals surface area contributed by atoms with Crippen LogP contribution < -0.4 is 10.5 Å². The van der Waals surface area contributed by atoms with Crippen LogP contribution in [0.2, 0.25) is 0 Å². The first-order valence-corrected chi connectivity index (χ1v) is 3.79. The number of nitrogens with two attached hydrogens (primary N) is 1. The van der Waals surface area contributed by atoms with Crippen molar-refractivity contribution in [1.82, 2.24) is 4.98 Å². The van der Waals surface area contributed by atoms with Crippen LogP contribution in [0.1, 0.15) is 12.5 Å². The molecule has 0 aliphatic rings. The van der Waals surface area contributed by atoms with Gasteiger partial charge in [-0.1, -0.05) is 12.7 Å². The number of nitrogen functional groups attached to an aromatic ring is 1. The molecule has 0 aliphatic carbocycles. The molecule has 1 rings (SSSR count). The van der Waals surface area contributed by atoms with Crippen molar-refractivity contribution in [3.63, 3.8) is 0 Å². The van der Waals surface area contributed by atoms with Crippen molar-refractivity contribution in [2.75, 3.05) is 12.3 Å². The molecule has 0 unspecified atom stereocenters. The van der Waals surface area contributed by atoms with Gasteiger partial charge in [0, 0.05) is 11.9 Å². The molecule has 0 fully saturated rings. The molecule has 0 atom stereocenters. The Labute approximate surface area is 71.9 Å². The highest BCUT2D eigenvalue weighted by Crippen LogP contribution is 2.22. The molecule has 0 aliphatic heterocycles. The minimum Gasteiger partial charge on any atom is -0.477 e. The Kier molecular flexibility index (Phi) is 2.69. The highest BCUT2D eigenvalue weighted by atomic mass is 16.5. The molecular formula is C9H12N2O. The second kappa shape index (κ2) is 3.76. The summed E-state index contributed by atoms with van der Waals surface area (Å²) < 4.78 is 5.25. The van der Waals surface area contributed by atoms with E-state index in [4.69, 9.17) is 10.5 Å². The Morgan fingerprint density at radius 2 is 2.50 bits per heavy atom. The van der Waals surface area contributed by atoms with Crippen LogP contribution in [0.15, 0.2) is 18.8 Å². The Bertz CT molecular complexity index is 284. The Hall–Kier alpha value is -1.51. The van der Waals surface area contributed by atoms with Gasteiger partial charge in [-0.3, -0.25) is 0 Å². The molecule has 1 aromatic rings. The van der Waals surface area contributed by atoms with Crippen molar-refractivity contribution < 1.29 is 4.74 Å². The quantitative estimate of drug-likeness (QED) is 0.739. The van der Waals surface area contributed by atoms with Gasteiger partial charge >= 0.3 is 0 Å². The number of anilines is 1. The van der Waals surface area contributed by atoms with Gasteiger partial charge in [-0.25, -0.2) is 4.98 Å². The lowest BCUT2D eigenvalue weighted by atomic mass is 10.2. The van der Waals surface area contributed by atoms with Crippen molar-refractivity contribution in [1.29, 1.82) is 0 Å². The zero-order chi connectivity index (χ0) is 8.97. The average molecular weight is 164 g/mol. The summed E-state index contributed by atoms with van der Waals surface area (Å²) in [6.07, 6.45) is 3.26.